The number of ether oxygens (including phenoxy) is 2. The van der Waals surface area contributed by atoms with Gasteiger partial charge in [-0.05, 0) is 38.1 Å². The molecule has 1 aliphatic heterocycles. The molecular weight excluding hydrogens is 374 g/mol. The number of rotatable bonds is 5. The summed E-state index contributed by atoms with van der Waals surface area (Å²) in [5.74, 6) is 2.68. The van der Waals surface area contributed by atoms with Crippen molar-refractivity contribution in [1.29, 1.82) is 0 Å². The highest BCUT2D eigenvalue weighted by atomic mass is 16.5. The Morgan fingerprint density at radius 1 is 1.21 bits per heavy atom. The fourth-order valence-corrected chi connectivity index (χ4v) is 3.35. The molecule has 29 heavy (non-hydrogen) atoms. The largest absolute Gasteiger partial charge is 0.497 e. The van der Waals surface area contributed by atoms with Crippen LogP contribution in [0.2, 0.25) is 0 Å². The normalized spacial score (nSPS) is 15.5. The number of amides is 1. The number of nitrogens with one attached hydrogen (secondary N) is 2. The molecule has 0 saturated carbocycles. The van der Waals surface area contributed by atoms with Gasteiger partial charge in [0.05, 0.1) is 25.5 Å². The average molecular weight is 395 g/mol. The molecule has 0 saturated heterocycles. The molecule has 2 aromatic heterocycles. The molecule has 4 rings (SSSR count). The first-order valence-corrected chi connectivity index (χ1v) is 8.98. The molecule has 1 atom stereocenters. The summed E-state index contributed by atoms with van der Waals surface area (Å²) in [5.41, 5.74) is 1.61. The summed E-state index contributed by atoms with van der Waals surface area (Å²) in [5, 5.41) is 10.3. The number of carbonyl (C=O) groups is 1. The second-order valence-electron chi connectivity index (χ2n) is 6.56. The van der Waals surface area contributed by atoms with E-state index in [0.29, 0.717) is 40.2 Å². The molecule has 0 spiro atoms. The van der Waals surface area contributed by atoms with Gasteiger partial charge in [0.15, 0.2) is 0 Å². The van der Waals surface area contributed by atoms with Crippen LogP contribution in [0.3, 0.4) is 0 Å². The van der Waals surface area contributed by atoms with Gasteiger partial charge >= 0.3 is 0 Å². The van der Waals surface area contributed by atoms with Crippen molar-refractivity contribution in [3.63, 3.8) is 0 Å². The molecule has 2 N–H and O–H groups in total. The average Bonchev–Trinajstić information content (AvgIpc) is 3.35. The second kappa shape index (κ2) is 7.34. The zero-order valence-electron chi connectivity index (χ0n) is 16.5. The number of aromatic nitrogens is 3. The molecule has 3 heterocycles. The molecule has 3 aromatic rings. The van der Waals surface area contributed by atoms with Crippen LogP contribution < -0.4 is 20.1 Å². The lowest BCUT2D eigenvalue weighted by Crippen LogP contribution is -2.31. The van der Waals surface area contributed by atoms with E-state index in [0.717, 1.165) is 5.76 Å². The van der Waals surface area contributed by atoms with E-state index in [1.54, 1.807) is 37.1 Å². The van der Waals surface area contributed by atoms with E-state index in [1.165, 1.54) is 6.33 Å². The molecule has 0 bridgehead atoms. The highest BCUT2D eigenvalue weighted by Gasteiger charge is 2.35. The summed E-state index contributed by atoms with van der Waals surface area (Å²) in [7, 11) is 3.10. The minimum atomic E-state index is -0.556. The maximum Gasteiger partial charge on any atom is 0.256 e. The number of benzene rings is 1. The molecule has 9 heteroatoms. The van der Waals surface area contributed by atoms with Crippen LogP contribution >= 0.6 is 0 Å². The van der Waals surface area contributed by atoms with Gasteiger partial charge in [-0.1, -0.05) is 0 Å². The summed E-state index contributed by atoms with van der Waals surface area (Å²) in [6, 6.07) is 8.33. The fourth-order valence-electron chi connectivity index (χ4n) is 3.35. The first kappa shape index (κ1) is 18.6. The standard InChI is InChI=1S/C20H21N5O4/c1-11-5-7-16(29-11)18-17(12(2)23-20-21-10-22-25(18)20)19(26)24-14-9-13(27-3)6-8-15(14)28-4/h5-10,18H,1-4H3,(H,24,26)(H,21,22,23)/t18-/m1/s1. The molecule has 150 valence electrons. The molecule has 0 fully saturated rings. The SMILES string of the molecule is COc1ccc(OC)c(NC(=O)C2=C(C)Nc3ncnn3[C@@H]2c2ccc(C)o2)c1. The van der Waals surface area contributed by atoms with Crippen molar-refractivity contribution < 1.29 is 18.7 Å². The summed E-state index contributed by atoms with van der Waals surface area (Å²) in [6.45, 7) is 3.67. The lowest BCUT2D eigenvalue weighted by atomic mass is 10.00. The maximum atomic E-state index is 13.4. The number of fused-ring (bicyclic) bond motifs is 1. The Morgan fingerprint density at radius 3 is 2.72 bits per heavy atom. The van der Waals surface area contributed by atoms with Crippen LogP contribution in [-0.4, -0.2) is 34.9 Å². The number of allylic oxidation sites excluding steroid dienone is 1. The number of furan rings is 1. The summed E-state index contributed by atoms with van der Waals surface area (Å²) in [4.78, 5) is 17.6. The Hall–Kier alpha value is -3.75. The van der Waals surface area contributed by atoms with Crippen LogP contribution in [0.5, 0.6) is 11.5 Å². The Balaban J connectivity index is 1.75. The molecular formula is C20H21N5O4. The summed E-state index contributed by atoms with van der Waals surface area (Å²) in [6.07, 6.45) is 1.43. The third-order valence-corrected chi connectivity index (χ3v) is 4.72. The van der Waals surface area contributed by atoms with Crippen LogP contribution in [-0.2, 0) is 4.79 Å². The zero-order chi connectivity index (χ0) is 20.5. The smallest absolute Gasteiger partial charge is 0.256 e. The maximum absolute atomic E-state index is 13.4. The summed E-state index contributed by atoms with van der Waals surface area (Å²) >= 11 is 0. The van der Waals surface area contributed by atoms with Crippen LogP contribution in [0.4, 0.5) is 11.6 Å². The minimum Gasteiger partial charge on any atom is -0.497 e. The minimum absolute atomic E-state index is 0.318. The van der Waals surface area contributed by atoms with Gasteiger partial charge in [0.25, 0.3) is 5.91 Å². The van der Waals surface area contributed by atoms with Crippen LogP contribution in [0.15, 0.2) is 52.3 Å². The quantitative estimate of drug-likeness (QED) is 0.684. The predicted molar refractivity (Wildman–Crippen MR) is 106 cm³/mol. The third-order valence-electron chi connectivity index (χ3n) is 4.72. The number of nitrogens with zero attached hydrogens (tertiary/aromatic N) is 3. The van der Waals surface area contributed by atoms with Crippen molar-refractivity contribution in [3.05, 3.63) is 59.4 Å². The summed E-state index contributed by atoms with van der Waals surface area (Å²) < 4.78 is 18.1. The number of carbonyl (C=O) groups excluding carboxylic acids is 1. The topological polar surface area (TPSA) is 103 Å². The lowest BCUT2D eigenvalue weighted by molar-refractivity contribution is -0.113. The predicted octanol–water partition coefficient (Wildman–Crippen LogP) is 3.12. The first-order chi connectivity index (χ1) is 14.0. The lowest BCUT2D eigenvalue weighted by Gasteiger charge is -2.27. The van der Waals surface area contributed by atoms with Gasteiger partial charge in [-0.2, -0.15) is 10.1 Å². The second-order valence-corrected chi connectivity index (χ2v) is 6.56. The molecule has 1 aromatic carbocycles. The molecule has 0 unspecified atom stereocenters. The Morgan fingerprint density at radius 2 is 2.03 bits per heavy atom. The monoisotopic (exact) mass is 395 g/mol. The molecule has 1 amide bonds. The van der Waals surface area contributed by atoms with Crippen molar-refractivity contribution in [3.8, 4) is 11.5 Å². The fraction of sp³-hybridized carbons (Fsp3) is 0.250. The van der Waals surface area contributed by atoms with Gasteiger partial charge in [-0.25, -0.2) is 4.68 Å². The molecule has 9 nitrogen and oxygen atoms in total. The molecule has 0 aliphatic carbocycles. The number of hydrogen-bond donors (Lipinski definition) is 2. The van der Waals surface area contributed by atoms with Gasteiger partial charge < -0.3 is 24.5 Å². The van der Waals surface area contributed by atoms with E-state index in [-0.39, 0.29) is 5.91 Å². The molecule has 1 aliphatic rings. The molecule has 0 radical (unpaired) electrons. The van der Waals surface area contributed by atoms with Gasteiger partial charge in [0.2, 0.25) is 5.95 Å². The highest BCUT2D eigenvalue weighted by molar-refractivity contribution is 6.06. The van der Waals surface area contributed by atoms with E-state index in [1.807, 2.05) is 26.0 Å². The van der Waals surface area contributed by atoms with Gasteiger partial charge in [0, 0.05) is 11.8 Å². The van der Waals surface area contributed by atoms with E-state index in [4.69, 9.17) is 13.9 Å². The van der Waals surface area contributed by atoms with E-state index >= 15 is 0 Å². The van der Waals surface area contributed by atoms with Crippen molar-refractivity contribution in [2.24, 2.45) is 0 Å². The van der Waals surface area contributed by atoms with Gasteiger partial charge in [-0.15, -0.1) is 0 Å². The van der Waals surface area contributed by atoms with E-state index in [9.17, 15) is 4.79 Å². The van der Waals surface area contributed by atoms with E-state index in [2.05, 4.69) is 20.7 Å². The zero-order valence-corrected chi connectivity index (χ0v) is 16.5. The first-order valence-electron chi connectivity index (χ1n) is 8.98. The van der Waals surface area contributed by atoms with Crippen LogP contribution in [0.25, 0.3) is 0 Å². The van der Waals surface area contributed by atoms with Crippen molar-refractivity contribution in [2.45, 2.75) is 19.9 Å². The number of aryl methyl sites for hydroxylation is 1. The number of anilines is 2. The number of hydrogen-bond acceptors (Lipinski definition) is 7. The van der Waals surface area contributed by atoms with Crippen molar-refractivity contribution in [1.82, 2.24) is 14.8 Å². The van der Waals surface area contributed by atoms with Gasteiger partial charge in [0.1, 0.15) is 35.4 Å². The van der Waals surface area contributed by atoms with Gasteiger partial charge in [-0.3, -0.25) is 4.79 Å². The third kappa shape index (κ3) is 3.31. The Kier molecular flexibility index (Phi) is 4.71. The van der Waals surface area contributed by atoms with Crippen molar-refractivity contribution in [2.75, 3.05) is 24.9 Å². The van der Waals surface area contributed by atoms with Crippen LogP contribution in [0.1, 0.15) is 24.5 Å². The Labute approximate surface area is 167 Å². The highest BCUT2D eigenvalue weighted by Crippen LogP contribution is 2.37. The Bertz CT molecular complexity index is 1100. The number of methoxy groups -OCH3 is 2. The van der Waals surface area contributed by atoms with E-state index < -0.39 is 6.04 Å². The van der Waals surface area contributed by atoms with Crippen molar-refractivity contribution >= 4 is 17.5 Å². The van der Waals surface area contributed by atoms with Crippen LogP contribution in [0, 0.1) is 6.92 Å².